The maximum atomic E-state index is 12.6. The molecule has 118 valence electrons. The molecular formula is C15H25N3O2S. The Balaban J connectivity index is 2.12. The summed E-state index contributed by atoms with van der Waals surface area (Å²) >= 11 is 0. The molecule has 1 atom stereocenters. The standard InChI is InChI=1S/C15H25N3O2S/c1-12(2)17-8-10-18(11-9-17)21(19,20)15-6-4-14(5-7-15)13(3)16/h4-7,12-13H,8-11,16H2,1-3H3. The number of benzene rings is 1. The highest BCUT2D eigenvalue weighted by Gasteiger charge is 2.29. The SMILES string of the molecule is CC(N)c1ccc(S(=O)(=O)N2CCN(C(C)C)CC2)cc1. The van der Waals surface area contributed by atoms with Crippen molar-refractivity contribution in [3.8, 4) is 0 Å². The molecule has 2 N–H and O–H groups in total. The summed E-state index contributed by atoms with van der Waals surface area (Å²) in [6, 6.07) is 7.27. The molecule has 5 nitrogen and oxygen atoms in total. The number of rotatable bonds is 4. The van der Waals surface area contributed by atoms with Crippen LogP contribution in [0, 0.1) is 0 Å². The number of hydrogen-bond acceptors (Lipinski definition) is 4. The lowest BCUT2D eigenvalue weighted by Crippen LogP contribution is -2.50. The zero-order valence-electron chi connectivity index (χ0n) is 13.0. The molecule has 1 heterocycles. The van der Waals surface area contributed by atoms with Crippen molar-refractivity contribution in [1.29, 1.82) is 0 Å². The number of sulfonamides is 1. The zero-order valence-corrected chi connectivity index (χ0v) is 13.8. The van der Waals surface area contributed by atoms with E-state index in [2.05, 4.69) is 18.7 Å². The third-order valence-electron chi connectivity index (χ3n) is 4.05. The van der Waals surface area contributed by atoms with Gasteiger partial charge in [-0.1, -0.05) is 12.1 Å². The Hall–Kier alpha value is -0.950. The van der Waals surface area contributed by atoms with Gasteiger partial charge < -0.3 is 5.73 Å². The Labute approximate surface area is 127 Å². The molecule has 0 amide bonds. The quantitative estimate of drug-likeness (QED) is 0.913. The smallest absolute Gasteiger partial charge is 0.243 e. The lowest BCUT2D eigenvalue weighted by atomic mass is 10.1. The Morgan fingerprint density at radius 2 is 1.52 bits per heavy atom. The minimum absolute atomic E-state index is 0.0867. The van der Waals surface area contributed by atoms with E-state index < -0.39 is 10.0 Å². The summed E-state index contributed by atoms with van der Waals surface area (Å²) in [5, 5.41) is 0. The van der Waals surface area contributed by atoms with Crippen molar-refractivity contribution in [2.24, 2.45) is 5.73 Å². The van der Waals surface area contributed by atoms with Gasteiger partial charge in [0.05, 0.1) is 4.90 Å². The number of nitrogens with zero attached hydrogens (tertiary/aromatic N) is 2. The molecule has 0 aromatic heterocycles. The maximum Gasteiger partial charge on any atom is 0.243 e. The van der Waals surface area contributed by atoms with Crippen LogP contribution in [0.1, 0.15) is 32.4 Å². The summed E-state index contributed by atoms with van der Waals surface area (Å²) in [5.74, 6) is 0. The first-order valence-electron chi connectivity index (χ1n) is 7.42. The van der Waals surface area contributed by atoms with Gasteiger partial charge in [-0.2, -0.15) is 4.31 Å². The summed E-state index contributed by atoms with van der Waals surface area (Å²) in [6.07, 6.45) is 0. The zero-order chi connectivity index (χ0) is 15.6. The van der Waals surface area contributed by atoms with Gasteiger partial charge in [0.25, 0.3) is 0 Å². The van der Waals surface area contributed by atoms with E-state index in [1.165, 1.54) is 0 Å². The predicted octanol–water partition coefficient (Wildman–Crippen LogP) is 1.42. The number of piperazine rings is 1. The topological polar surface area (TPSA) is 66.6 Å². The Bertz CT molecular complexity index is 559. The first-order valence-corrected chi connectivity index (χ1v) is 8.86. The summed E-state index contributed by atoms with van der Waals surface area (Å²) in [4.78, 5) is 2.65. The summed E-state index contributed by atoms with van der Waals surface area (Å²) in [5.41, 5.74) is 6.74. The van der Waals surface area contributed by atoms with Gasteiger partial charge in [-0.25, -0.2) is 8.42 Å². The van der Waals surface area contributed by atoms with Gasteiger partial charge in [-0.05, 0) is 38.5 Å². The fraction of sp³-hybridized carbons (Fsp3) is 0.600. The van der Waals surface area contributed by atoms with Gasteiger partial charge in [-0.15, -0.1) is 0 Å². The monoisotopic (exact) mass is 311 g/mol. The van der Waals surface area contributed by atoms with E-state index in [0.717, 1.165) is 18.7 Å². The molecule has 0 spiro atoms. The van der Waals surface area contributed by atoms with Gasteiger partial charge in [-0.3, -0.25) is 4.90 Å². The minimum atomic E-state index is -3.39. The molecular weight excluding hydrogens is 286 g/mol. The molecule has 0 aliphatic carbocycles. The van der Waals surface area contributed by atoms with Crippen LogP contribution < -0.4 is 5.73 Å². The van der Waals surface area contributed by atoms with E-state index in [9.17, 15) is 8.42 Å². The molecule has 1 aromatic rings. The Kier molecular flexibility index (Phi) is 5.03. The summed E-state index contributed by atoms with van der Waals surface area (Å²) in [7, 11) is -3.39. The van der Waals surface area contributed by atoms with Crippen LogP contribution in [-0.2, 0) is 10.0 Å². The van der Waals surface area contributed by atoms with E-state index >= 15 is 0 Å². The first kappa shape index (κ1) is 16.4. The second kappa shape index (κ2) is 6.44. The van der Waals surface area contributed by atoms with Crippen LogP contribution in [0.25, 0.3) is 0 Å². The van der Waals surface area contributed by atoms with Gasteiger partial charge in [0.2, 0.25) is 10.0 Å². The van der Waals surface area contributed by atoms with Crippen molar-refractivity contribution in [3.05, 3.63) is 29.8 Å². The van der Waals surface area contributed by atoms with Crippen LogP contribution in [0.5, 0.6) is 0 Å². The van der Waals surface area contributed by atoms with Crippen LogP contribution in [0.4, 0.5) is 0 Å². The summed E-state index contributed by atoms with van der Waals surface area (Å²) in [6.45, 7) is 8.83. The summed E-state index contributed by atoms with van der Waals surface area (Å²) < 4.78 is 26.8. The van der Waals surface area contributed by atoms with Crippen molar-refractivity contribution < 1.29 is 8.42 Å². The third-order valence-corrected chi connectivity index (χ3v) is 5.96. The minimum Gasteiger partial charge on any atom is -0.324 e. The van der Waals surface area contributed by atoms with Crippen molar-refractivity contribution in [1.82, 2.24) is 9.21 Å². The molecule has 6 heteroatoms. The highest BCUT2D eigenvalue weighted by Crippen LogP contribution is 2.20. The maximum absolute atomic E-state index is 12.6. The Morgan fingerprint density at radius 1 is 1.00 bits per heavy atom. The van der Waals surface area contributed by atoms with Crippen molar-refractivity contribution in [3.63, 3.8) is 0 Å². The fourth-order valence-corrected chi connectivity index (χ4v) is 3.97. The van der Waals surface area contributed by atoms with E-state index in [4.69, 9.17) is 5.73 Å². The molecule has 21 heavy (non-hydrogen) atoms. The normalized spacial score (nSPS) is 19.9. The van der Waals surface area contributed by atoms with Crippen molar-refractivity contribution >= 4 is 10.0 Å². The van der Waals surface area contributed by atoms with Gasteiger partial charge >= 0.3 is 0 Å². The molecule has 1 aromatic carbocycles. The molecule has 0 saturated carbocycles. The van der Waals surface area contributed by atoms with Crippen molar-refractivity contribution in [2.45, 2.75) is 37.8 Å². The van der Waals surface area contributed by atoms with Gasteiger partial charge in [0.15, 0.2) is 0 Å². The van der Waals surface area contributed by atoms with Gasteiger partial charge in [0.1, 0.15) is 0 Å². The molecule has 1 fully saturated rings. The van der Waals surface area contributed by atoms with Crippen LogP contribution >= 0.6 is 0 Å². The molecule has 0 radical (unpaired) electrons. The highest BCUT2D eigenvalue weighted by molar-refractivity contribution is 7.89. The molecule has 1 aliphatic rings. The lowest BCUT2D eigenvalue weighted by molar-refractivity contribution is 0.154. The molecule has 2 rings (SSSR count). The Morgan fingerprint density at radius 3 is 1.95 bits per heavy atom. The second-order valence-corrected chi connectivity index (χ2v) is 7.83. The van der Waals surface area contributed by atoms with Gasteiger partial charge in [0, 0.05) is 38.3 Å². The molecule has 0 bridgehead atoms. The number of hydrogen-bond donors (Lipinski definition) is 1. The fourth-order valence-electron chi connectivity index (χ4n) is 2.55. The average Bonchev–Trinajstić information content (AvgIpc) is 2.47. The van der Waals surface area contributed by atoms with E-state index in [1.807, 2.05) is 6.92 Å². The number of nitrogens with two attached hydrogens (primary N) is 1. The molecule has 1 unspecified atom stereocenters. The lowest BCUT2D eigenvalue weighted by Gasteiger charge is -2.36. The predicted molar refractivity (Wildman–Crippen MR) is 84.5 cm³/mol. The highest BCUT2D eigenvalue weighted by atomic mass is 32.2. The van der Waals surface area contributed by atoms with Crippen LogP contribution in [0.3, 0.4) is 0 Å². The van der Waals surface area contributed by atoms with Crippen LogP contribution in [0.15, 0.2) is 29.2 Å². The molecule has 1 saturated heterocycles. The van der Waals surface area contributed by atoms with Crippen LogP contribution in [-0.4, -0.2) is 49.8 Å². The largest absolute Gasteiger partial charge is 0.324 e. The van der Waals surface area contributed by atoms with E-state index in [0.29, 0.717) is 24.0 Å². The van der Waals surface area contributed by atoms with E-state index in [1.54, 1.807) is 28.6 Å². The average molecular weight is 311 g/mol. The second-order valence-electron chi connectivity index (χ2n) is 5.89. The molecule has 1 aliphatic heterocycles. The van der Waals surface area contributed by atoms with Crippen LogP contribution in [0.2, 0.25) is 0 Å². The third kappa shape index (κ3) is 3.63. The van der Waals surface area contributed by atoms with E-state index in [-0.39, 0.29) is 6.04 Å². The first-order chi connectivity index (χ1) is 9.82. The van der Waals surface area contributed by atoms with Crippen molar-refractivity contribution in [2.75, 3.05) is 26.2 Å².